The average Bonchev–Trinajstić information content (AvgIpc) is 2.71. The first kappa shape index (κ1) is 20.9. The molecule has 0 spiro atoms. The molecular weight excluding hydrogens is 390 g/mol. The Balaban J connectivity index is 2.01. The number of allylic oxidation sites excluding steroid dienone is 1. The molecule has 1 unspecified atom stereocenters. The van der Waals surface area contributed by atoms with Gasteiger partial charge in [-0.15, -0.1) is 0 Å². The van der Waals surface area contributed by atoms with Gasteiger partial charge in [0.1, 0.15) is 5.75 Å². The van der Waals surface area contributed by atoms with Gasteiger partial charge < -0.3 is 14.4 Å². The van der Waals surface area contributed by atoms with Crippen molar-refractivity contribution in [2.24, 2.45) is 0 Å². The molecule has 0 fully saturated rings. The van der Waals surface area contributed by atoms with Crippen molar-refractivity contribution in [2.45, 2.75) is 32.7 Å². The van der Waals surface area contributed by atoms with E-state index in [9.17, 15) is 9.59 Å². The van der Waals surface area contributed by atoms with Crippen LogP contribution in [-0.2, 0) is 20.9 Å². The van der Waals surface area contributed by atoms with E-state index in [2.05, 4.69) is 0 Å². The molecule has 1 atom stereocenters. The van der Waals surface area contributed by atoms with Crippen LogP contribution in [0.1, 0.15) is 37.3 Å². The quantitative estimate of drug-likeness (QED) is 0.644. The van der Waals surface area contributed by atoms with Crippen LogP contribution >= 0.6 is 11.6 Å². The van der Waals surface area contributed by atoms with E-state index in [1.165, 1.54) is 0 Å². The van der Waals surface area contributed by atoms with E-state index < -0.39 is 5.97 Å². The Bertz CT molecular complexity index is 936. The summed E-state index contributed by atoms with van der Waals surface area (Å²) in [6, 6.07) is 14.8. The number of hydrogen-bond acceptors (Lipinski definition) is 4. The van der Waals surface area contributed by atoms with E-state index in [1.54, 1.807) is 38.0 Å². The molecule has 0 bridgehead atoms. The van der Waals surface area contributed by atoms with Crippen LogP contribution in [0.5, 0.6) is 5.75 Å². The lowest BCUT2D eigenvalue weighted by atomic mass is 9.83. The van der Waals surface area contributed by atoms with E-state index in [-0.39, 0.29) is 24.9 Å². The molecular formula is C23H24ClNO4. The summed E-state index contributed by atoms with van der Waals surface area (Å²) in [5.74, 6) is -0.0787. The number of methoxy groups -OCH3 is 1. The Labute approximate surface area is 175 Å². The molecule has 5 nitrogen and oxygen atoms in total. The Morgan fingerprint density at radius 2 is 1.93 bits per heavy atom. The summed E-state index contributed by atoms with van der Waals surface area (Å²) < 4.78 is 10.6. The van der Waals surface area contributed by atoms with Gasteiger partial charge in [-0.2, -0.15) is 0 Å². The zero-order chi connectivity index (χ0) is 21.0. The molecule has 0 aromatic heterocycles. The second-order valence-electron chi connectivity index (χ2n) is 6.86. The molecule has 6 heteroatoms. The van der Waals surface area contributed by atoms with Crippen molar-refractivity contribution in [3.8, 4) is 5.75 Å². The van der Waals surface area contributed by atoms with Gasteiger partial charge in [-0.05, 0) is 49.2 Å². The first-order chi connectivity index (χ1) is 13.9. The molecule has 2 aromatic rings. The van der Waals surface area contributed by atoms with Crippen LogP contribution in [0.15, 0.2) is 59.8 Å². The van der Waals surface area contributed by atoms with Crippen LogP contribution in [0.4, 0.5) is 0 Å². The molecule has 0 N–H and O–H groups in total. The van der Waals surface area contributed by atoms with Crippen molar-refractivity contribution < 1.29 is 19.1 Å². The zero-order valence-electron chi connectivity index (χ0n) is 16.8. The number of halogens is 1. The standard InChI is InChI=1S/C23H24ClNO4/c1-4-29-23(27)22-15(2)25(14-16-6-5-7-19(12-16)28-3)21(26)13-20(22)17-8-10-18(24)11-9-17/h5-12,20H,4,13-14H2,1-3H3. The van der Waals surface area contributed by atoms with Gasteiger partial charge in [-0.3, -0.25) is 4.79 Å². The molecule has 0 radical (unpaired) electrons. The van der Waals surface area contributed by atoms with Crippen LogP contribution in [0.3, 0.4) is 0 Å². The minimum absolute atomic E-state index is 0.0432. The summed E-state index contributed by atoms with van der Waals surface area (Å²) >= 11 is 6.01. The minimum Gasteiger partial charge on any atom is -0.497 e. The average molecular weight is 414 g/mol. The lowest BCUT2D eigenvalue weighted by Crippen LogP contribution is -2.38. The third-order valence-corrected chi connectivity index (χ3v) is 5.32. The highest BCUT2D eigenvalue weighted by Gasteiger charge is 2.36. The maximum atomic E-state index is 13.0. The third kappa shape index (κ3) is 4.62. The predicted molar refractivity (Wildman–Crippen MR) is 112 cm³/mol. The lowest BCUT2D eigenvalue weighted by Gasteiger charge is -2.34. The molecule has 2 aromatic carbocycles. The number of amides is 1. The number of carbonyl (C=O) groups is 2. The topological polar surface area (TPSA) is 55.8 Å². The molecule has 3 rings (SSSR count). The molecule has 1 heterocycles. The molecule has 1 amide bonds. The van der Waals surface area contributed by atoms with Gasteiger partial charge in [0.15, 0.2) is 0 Å². The Morgan fingerprint density at radius 1 is 1.21 bits per heavy atom. The van der Waals surface area contributed by atoms with Gasteiger partial charge in [-0.25, -0.2) is 4.79 Å². The second-order valence-corrected chi connectivity index (χ2v) is 7.30. The van der Waals surface area contributed by atoms with Gasteiger partial charge in [0, 0.05) is 23.1 Å². The molecule has 152 valence electrons. The predicted octanol–water partition coefficient (Wildman–Crippen LogP) is 4.70. The molecule has 0 saturated carbocycles. The van der Waals surface area contributed by atoms with Crippen molar-refractivity contribution in [1.29, 1.82) is 0 Å². The van der Waals surface area contributed by atoms with Crippen LogP contribution < -0.4 is 4.74 Å². The fourth-order valence-corrected chi connectivity index (χ4v) is 3.74. The summed E-state index contributed by atoms with van der Waals surface area (Å²) in [6.07, 6.45) is 0.192. The highest BCUT2D eigenvalue weighted by molar-refractivity contribution is 6.30. The van der Waals surface area contributed by atoms with E-state index >= 15 is 0 Å². The summed E-state index contributed by atoms with van der Waals surface area (Å²) in [7, 11) is 1.60. The Kier molecular flexibility index (Phi) is 6.60. The molecule has 1 aliphatic heterocycles. The number of rotatable bonds is 6. The Morgan fingerprint density at radius 3 is 2.59 bits per heavy atom. The number of nitrogens with zero attached hydrogens (tertiary/aromatic N) is 1. The minimum atomic E-state index is -0.395. The van der Waals surface area contributed by atoms with Gasteiger partial charge >= 0.3 is 5.97 Å². The highest BCUT2D eigenvalue weighted by Crippen LogP contribution is 2.38. The molecule has 0 saturated heterocycles. The summed E-state index contributed by atoms with van der Waals surface area (Å²) in [5.41, 5.74) is 2.91. The molecule has 29 heavy (non-hydrogen) atoms. The number of benzene rings is 2. The van der Waals surface area contributed by atoms with Crippen LogP contribution in [0.2, 0.25) is 5.02 Å². The zero-order valence-corrected chi connectivity index (χ0v) is 17.5. The van der Waals surface area contributed by atoms with E-state index in [0.29, 0.717) is 22.8 Å². The number of hydrogen-bond donors (Lipinski definition) is 0. The van der Waals surface area contributed by atoms with Crippen molar-refractivity contribution >= 4 is 23.5 Å². The van der Waals surface area contributed by atoms with Crippen LogP contribution in [0, 0.1) is 0 Å². The maximum Gasteiger partial charge on any atom is 0.336 e. The molecule has 1 aliphatic rings. The van der Waals surface area contributed by atoms with Crippen molar-refractivity contribution in [1.82, 2.24) is 4.90 Å². The van der Waals surface area contributed by atoms with E-state index in [1.807, 2.05) is 36.4 Å². The van der Waals surface area contributed by atoms with Crippen molar-refractivity contribution in [3.05, 3.63) is 76.0 Å². The normalized spacial score (nSPS) is 16.8. The van der Waals surface area contributed by atoms with Gasteiger partial charge in [0.25, 0.3) is 0 Å². The maximum absolute atomic E-state index is 13.0. The largest absolute Gasteiger partial charge is 0.497 e. The van der Waals surface area contributed by atoms with Crippen LogP contribution in [0.25, 0.3) is 0 Å². The van der Waals surface area contributed by atoms with E-state index in [0.717, 1.165) is 16.9 Å². The number of ether oxygens (including phenoxy) is 2. The van der Waals surface area contributed by atoms with Crippen molar-refractivity contribution in [3.63, 3.8) is 0 Å². The smallest absolute Gasteiger partial charge is 0.336 e. The van der Waals surface area contributed by atoms with Gasteiger partial charge in [0.2, 0.25) is 5.91 Å². The summed E-state index contributed by atoms with van der Waals surface area (Å²) in [6.45, 7) is 4.20. The number of carbonyl (C=O) groups excluding carboxylic acids is 2. The third-order valence-electron chi connectivity index (χ3n) is 5.07. The lowest BCUT2D eigenvalue weighted by molar-refractivity contribution is -0.140. The highest BCUT2D eigenvalue weighted by atomic mass is 35.5. The first-order valence-corrected chi connectivity index (χ1v) is 9.89. The fourth-order valence-electron chi connectivity index (χ4n) is 3.61. The van der Waals surface area contributed by atoms with Crippen molar-refractivity contribution in [2.75, 3.05) is 13.7 Å². The Hall–Kier alpha value is -2.79. The summed E-state index contributed by atoms with van der Waals surface area (Å²) in [5, 5.41) is 0.605. The van der Waals surface area contributed by atoms with Gasteiger partial charge in [-0.1, -0.05) is 35.9 Å². The number of esters is 1. The van der Waals surface area contributed by atoms with Gasteiger partial charge in [0.05, 0.1) is 25.8 Å². The SMILES string of the molecule is CCOC(=O)C1=C(C)N(Cc2cccc(OC)c2)C(=O)CC1c1ccc(Cl)cc1. The fraction of sp³-hybridized carbons (Fsp3) is 0.304. The van der Waals surface area contributed by atoms with Crippen LogP contribution in [-0.4, -0.2) is 30.5 Å². The second kappa shape index (κ2) is 9.14. The monoisotopic (exact) mass is 413 g/mol. The summed E-state index contributed by atoms with van der Waals surface area (Å²) in [4.78, 5) is 27.5. The van der Waals surface area contributed by atoms with E-state index in [4.69, 9.17) is 21.1 Å². The molecule has 0 aliphatic carbocycles. The first-order valence-electron chi connectivity index (χ1n) is 9.51.